The minimum atomic E-state index is -3.89. The summed E-state index contributed by atoms with van der Waals surface area (Å²) in [4.78, 5) is 12.9. The van der Waals surface area contributed by atoms with E-state index in [1.54, 1.807) is 61.5 Å². The first-order valence-corrected chi connectivity index (χ1v) is 11.6. The number of amides is 1. The fourth-order valence-corrected chi connectivity index (χ4v) is 4.52. The lowest BCUT2D eigenvalue weighted by atomic mass is 10.2. The van der Waals surface area contributed by atoms with Gasteiger partial charge in [-0.15, -0.1) is 5.10 Å². The minimum Gasteiger partial charge on any atom is -0.497 e. The third kappa shape index (κ3) is 4.59. The molecular weight excluding hydrogens is 456 g/mol. The van der Waals surface area contributed by atoms with Crippen molar-refractivity contribution in [3.05, 3.63) is 84.2 Å². The van der Waals surface area contributed by atoms with Crippen LogP contribution in [-0.2, 0) is 10.0 Å². The third-order valence-electron chi connectivity index (χ3n) is 5.16. The fraction of sp³-hybridized carbons (Fsp3) is 0.130. The number of benzene rings is 3. The fourth-order valence-electron chi connectivity index (χ4n) is 3.28. The number of carbonyl (C=O) groups excluding carboxylic acids is 1. The van der Waals surface area contributed by atoms with E-state index in [0.29, 0.717) is 28.6 Å². The SMILES string of the molecule is COc1ccc(N(C)S(=O)(=O)c2cccc(C(=O)Nc3cccc(-n4nnnc4C)c3)c2)cc1. The monoisotopic (exact) mass is 478 g/mol. The molecular formula is C23H22N6O4S. The molecule has 1 aromatic heterocycles. The van der Waals surface area contributed by atoms with E-state index in [4.69, 9.17) is 4.74 Å². The van der Waals surface area contributed by atoms with E-state index in [9.17, 15) is 13.2 Å². The second-order valence-corrected chi connectivity index (χ2v) is 9.31. The summed E-state index contributed by atoms with van der Waals surface area (Å²) in [6.45, 7) is 1.76. The number of carbonyl (C=O) groups is 1. The average Bonchev–Trinajstić information content (AvgIpc) is 3.29. The van der Waals surface area contributed by atoms with Crippen molar-refractivity contribution >= 4 is 27.3 Å². The molecule has 0 bridgehead atoms. The number of methoxy groups -OCH3 is 1. The van der Waals surface area contributed by atoms with Crippen molar-refractivity contribution in [2.75, 3.05) is 23.8 Å². The van der Waals surface area contributed by atoms with Gasteiger partial charge in [-0.3, -0.25) is 9.10 Å². The molecule has 0 saturated heterocycles. The van der Waals surface area contributed by atoms with Crippen molar-refractivity contribution in [1.29, 1.82) is 0 Å². The highest BCUT2D eigenvalue weighted by molar-refractivity contribution is 7.92. The number of aryl methyl sites for hydroxylation is 1. The van der Waals surface area contributed by atoms with Gasteiger partial charge in [0, 0.05) is 18.3 Å². The van der Waals surface area contributed by atoms with Crippen LogP contribution in [0.5, 0.6) is 5.75 Å². The van der Waals surface area contributed by atoms with Crippen LogP contribution in [0.25, 0.3) is 5.69 Å². The molecule has 1 amide bonds. The molecule has 1 N–H and O–H groups in total. The number of ether oxygens (including phenoxy) is 1. The Hall–Kier alpha value is -4.25. The van der Waals surface area contributed by atoms with Gasteiger partial charge in [0.15, 0.2) is 5.82 Å². The van der Waals surface area contributed by atoms with E-state index in [-0.39, 0.29) is 10.5 Å². The largest absolute Gasteiger partial charge is 0.497 e. The summed E-state index contributed by atoms with van der Waals surface area (Å²) in [7, 11) is -0.903. The molecule has 0 aliphatic rings. The number of nitrogens with one attached hydrogen (secondary N) is 1. The number of hydrogen-bond donors (Lipinski definition) is 1. The van der Waals surface area contributed by atoms with Crippen molar-refractivity contribution in [3.63, 3.8) is 0 Å². The predicted molar refractivity (Wildman–Crippen MR) is 127 cm³/mol. The highest BCUT2D eigenvalue weighted by Crippen LogP contribution is 2.25. The van der Waals surface area contributed by atoms with E-state index in [0.717, 1.165) is 4.31 Å². The van der Waals surface area contributed by atoms with E-state index in [1.165, 1.54) is 37.0 Å². The number of aromatic nitrogens is 4. The molecule has 0 atom stereocenters. The quantitative estimate of drug-likeness (QED) is 0.433. The molecule has 34 heavy (non-hydrogen) atoms. The molecule has 4 aromatic rings. The molecule has 11 heteroatoms. The Kier molecular flexibility index (Phi) is 6.28. The Morgan fingerprint density at radius 1 is 1.03 bits per heavy atom. The smallest absolute Gasteiger partial charge is 0.264 e. The molecule has 4 rings (SSSR count). The van der Waals surface area contributed by atoms with Crippen LogP contribution >= 0.6 is 0 Å². The first-order valence-electron chi connectivity index (χ1n) is 10.2. The normalized spacial score (nSPS) is 11.1. The van der Waals surface area contributed by atoms with Crippen LogP contribution in [0.4, 0.5) is 11.4 Å². The van der Waals surface area contributed by atoms with Crippen LogP contribution in [0.2, 0.25) is 0 Å². The zero-order valence-corrected chi connectivity index (χ0v) is 19.5. The summed E-state index contributed by atoms with van der Waals surface area (Å²) < 4.78 is 34.2. The molecule has 0 spiro atoms. The van der Waals surface area contributed by atoms with Gasteiger partial charge in [-0.05, 0) is 78.0 Å². The average molecular weight is 479 g/mol. The zero-order valence-electron chi connectivity index (χ0n) is 18.7. The lowest BCUT2D eigenvalue weighted by molar-refractivity contribution is 0.102. The van der Waals surface area contributed by atoms with Crippen LogP contribution in [0.15, 0.2) is 77.7 Å². The molecule has 3 aromatic carbocycles. The van der Waals surface area contributed by atoms with Crippen LogP contribution in [0, 0.1) is 6.92 Å². The van der Waals surface area contributed by atoms with Crippen molar-refractivity contribution in [2.45, 2.75) is 11.8 Å². The summed E-state index contributed by atoms with van der Waals surface area (Å²) in [5.41, 5.74) is 1.86. The van der Waals surface area contributed by atoms with E-state index in [1.807, 2.05) is 0 Å². The predicted octanol–water partition coefficient (Wildman–Crippen LogP) is 3.06. The van der Waals surface area contributed by atoms with Crippen molar-refractivity contribution < 1.29 is 17.9 Å². The maximum atomic E-state index is 13.2. The molecule has 0 fully saturated rings. The number of tetrazole rings is 1. The summed E-state index contributed by atoms with van der Waals surface area (Å²) in [6.07, 6.45) is 0. The van der Waals surface area contributed by atoms with E-state index < -0.39 is 15.9 Å². The number of rotatable bonds is 7. The van der Waals surface area contributed by atoms with E-state index in [2.05, 4.69) is 20.8 Å². The van der Waals surface area contributed by atoms with Gasteiger partial charge in [0.1, 0.15) is 5.75 Å². The van der Waals surface area contributed by atoms with Crippen LogP contribution in [-0.4, -0.2) is 48.7 Å². The van der Waals surface area contributed by atoms with Gasteiger partial charge >= 0.3 is 0 Å². The first-order chi connectivity index (χ1) is 16.3. The van der Waals surface area contributed by atoms with Gasteiger partial charge in [-0.25, -0.2) is 8.42 Å². The van der Waals surface area contributed by atoms with Gasteiger partial charge in [0.2, 0.25) is 0 Å². The number of anilines is 2. The molecule has 0 unspecified atom stereocenters. The van der Waals surface area contributed by atoms with Crippen LogP contribution < -0.4 is 14.4 Å². The topological polar surface area (TPSA) is 119 Å². The first kappa shape index (κ1) is 22.9. The highest BCUT2D eigenvalue weighted by Gasteiger charge is 2.22. The molecule has 1 heterocycles. The summed E-state index contributed by atoms with van der Waals surface area (Å²) in [5, 5.41) is 14.2. The Morgan fingerprint density at radius 2 is 1.76 bits per heavy atom. The molecule has 0 aliphatic carbocycles. The molecule has 0 radical (unpaired) electrons. The van der Waals surface area contributed by atoms with Crippen LogP contribution in [0.1, 0.15) is 16.2 Å². The number of sulfonamides is 1. The van der Waals surface area contributed by atoms with Gasteiger partial charge in [-0.1, -0.05) is 12.1 Å². The van der Waals surface area contributed by atoms with Gasteiger partial charge in [-0.2, -0.15) is 4.68 Å². The zero-order chi connectivity index (χ0) is 24.3. The maximum Gasteiger partial charge on any atom is 0.264 e. The van der Waals surface area contributed by atoms with Crippen molar-refractivity contribution in [3.8, 4) is 11.4 Å². The molecule has 0 aliphatic heterocycles. The second-order valence-electron chi connectivity index (χ2n) is 7.34. The lowest BCUT2D eigenvalue weighted by Crippen LogP contribution is -2.26. The molecule has 174 valence electrons. The van der Waals surface area contributed by atoms with Crippen molar-refractivity contribution in [1.82, 2.24) is 20.2 Å². The highest BCUT2D eigenvalue weighted by atomic mass is 32.2. The summed E-state index contributed by atoms with van der Waals surface area (Å²) in [5.74, 6) is 0.768. The summed E-state index contributed by atoms with van der Waals surface area (Å²) in [6, 6.07) is 19.5. The van der Waals surface area contributed by atoms with Crippen molar-refractivity contribution in [2.24, 2.45) is 0 Å². The second kappa shape index (κ2) is 9.32. The number of nitrogens with zero attached hydrogens (tertiary/aromatic N) is 5. The maximum absolute atomic E-state index is 13.2. The Labute approximate surface area is 196 Å². The molecule has 0 saturated carbocycles. The van der Waals surface area contributed by atoms with Gasteiger partial charge in [0.05, 0.1) is 23.4 Å². The Bertz CT molecular complexity index is 1430. The third-order valence-corrected chi connectivity index (χ3v) is 6.95. The molecule has 10 nitrogen and oxygen atoms in total. The summed E-state index contributed by atoms with van der Waals surface area (Å²) >= 11 is 0. The van der Waals surface area contributed by atoms with Crippen LogP contribution in [0.3, 0.4) is 0 Å². The van der Waals surface area contributed by atoms with Gasteiger partial charge in [0.25, 0.3) is 15.9 Å². The van der Waals surface area contributed by atoms with Gasteiger partial charge < -0.3 is 10.1 Å². The standard InChI is InChI=1S/C23H22N6O4S/c1-16-25-26-27-29(16)20-8-5-7-18(15-20)24-23(30)17-6-4-9-22(14-17)34(31,32)28(2)19-10-12-21(33-3)13-11-19/h4-15H,1-3H3,(H,24,30). The minimum absolute atomic E-state index is 0.00321. The lowest BCUT2D eigenvalue weighted by Gasteiger charge is -2.20. The Balaban J connectivity index is 1.56. The number of hydrogen-bond acceptors (Lipinski definition) is 7. The Morgan fingerprint density at radius 3 is 2.44 bits per heavy atom. The van der Waals surface area contributed by atoms with E-state index >= 15 is 0 Å².